The van der Waals surface area contributed by atoms with Gasteiger partial charge in [0.2, 0.25) is 0 Å². The lowest BCUT2D eigenvalue weighted by molar-refractivity contribution is -0.139. The monoisotopic (exact) mass is 355 g/mol. The van der Waals surface area contributed by atoms with Crippen LogP contribution in [0.25, 0.3) is 0 Å². The number of hydrogen-bond donors (Lipinski definition) is 2. The van der Waals surface area contributed by atoms with Gasteiger partial charge < -0.3 is 10.1 Å². The van der Waals surface area contributed by atoms with E-state index < -0.39 is 11.8 Å². The molecule has 1 aromatic carbocycles. The predicted molar refractivity (Wildman–Crippen MR) is 89.8 cm³/mol. The quantitative estimate of drug-likeness (QED) is 0.366. The molecule has 0 saturated heterocycles. The van der Waals surface area contributed by atoms with E-state index in [1.54, 1.807) is 13.8 Å². The smallest absolute Gasteiger partial charge is 0.329 e. The van der Waals surface area contributed by atoms with E-state index in [0.29, 0.717) is 5.56 Å². The van der Waals surface area contributed by atoms with E-state index in [1.165, 1.54) is 18.3 Å². The van der Waals surface area contributed by atoms with Gasteiger partial charge in [-0.3, -0.25) is 9.59 Å². The molecule has 0 aliphatic carbocycles. The maximum atomic E-state index is 11.4. The van der Waals surface area contributed by atoms with Crippen LogP contribution in [0.1, 0.15) is 19.4 Å². The molecule has 0 radical (unpaired) electrons. The molecule has 2 amide bonds. The molecule has 8 heteroatoms. The SMILES string of the molecule is C#CCOc1c(Cl)cc(/C=N\NC(=O)C(=O)NC(C)C)cc1Cl. The molecule has 1 aromatic rings. The first-order valence-electron chi connectivity index (χ1n) is 6.54. The number of nitrogens with zero attached hydrogens (tertiary/aromatic N) is 1. The summed E-state index contributed by atoms with van der Waals surface area (Å²) in [6.07, 6.45) is 6.39. The number of carbonyl (C=O) groups is 2. The fraction of sp³-hybridized carbons (Fsp3) is 0.267. The largest absolute Gasteiger partial charge is 0.478 e. The van der Waals surface area contributed by atoms with Crippen LogP contribution in [0.5, 0.6) is 5.75 Å². The summed E-state index contributed by atoms with van der Waals surface area (Å²) >= 11 is 12.1. The van der Waals surface area contributed by atoms with E-state index in [9.17, 15) is 9.59 Å². The molecule has 0 spiro atoms. The summed E-state index contributed by atoms with van der Waals surface area (Å²) < 4.78 is 5.22. The third-order valence-electron chi connectivity index (χ3n) is 2.33. The Balaban J connectivity index is 2.73. The topological polar surface area (TPSA) is 79.8 Å². The second kappa shape index (κ2) is 9.03. The average Bonchev–Trinajstić information content (AvgIpc) is 2.45. The highest BCUT2D eigenvalue weighted by molar-refractivity contribution is 6.37. The molecule has 0 unspecified atom stereocenters. The summed E-state index contributed by atoms with van der Waals surface area (Å²) in [5.41, 5.74) is 2.61. The Bertz CT molecular complexity index is 643. The van der Waals surface area contributed by atoms with Crippen molar-refractivity contribution in [2.75, 3.05) is 6.61 Å². The molecule has 23 heavy (non-hydrogen) atoms. The number of halogens is 2. The van der Waals surface area contributed by atoms with Gasteiger partial charge in [-0.25, -0.2) is 5.43 Å². The molecule has 0 aromatic heterocycles. The molecule has 122 valence electrons. The van der Waals surface area contributed by atoms with Crippen LogP contribution in [0.3, 0.4) is 0 Å². The van der Waals surface area contributed by atoms with E-state index in [0.717, 1.165) is 0 Å². The van der Waals surface area contributed by atoms with Gasteiger partial charge >= 0.3 is 11.8 Å². The van der Waals surface area contributed by atoms with Gasteiger partial charge in [0, 0.05) is 6.04 Å². The Labute approximate surface area is 144 Å². The van der Waals surface area contributed by atoms with Crippen molar-refractivity contribution in [1.29, 1.82) is 0 Å². The van der Waals surface area contributed by atoms with Crippen LogP contribution in [-0.4, -0.2) is 30.7 Å². The number of benzene rings is 1. The maximum absolute atomic E-state index is 11.4. The average molecular weight is 356 g/mol. The van der Waals surface area contributed by atoms with Crippen molar-refractivity contribution in [1.82, 2.24) is 10.7 Å². The number of carbonyl (C=O) groups excluding carboxylic acids is 2. The molecule has 1 rings (SSSR count). The second-order valence-electron chi connectivity index (χ2n) is 4.63. The highest BCUT2D eigenvalue weighted by Gasteiger charge is 2.13. The Morgan fingerprint density at radius 1 is 1.35 bits per heavy atom. The van der Waals surface area contributed by atoms with Gasteiger partial charge in [0.25, 0.3) is 0 Å². The number of rotatable bonds is 5. The van der Waals surface area contributed by atoms with Crippen LogP contribution in [0.2, 0.25) is 10.0 Å². The van der Waals surface area contributed by atoms with Gasteiger partial charge in [-0.05, 0) is 31.5 Å². The molecule has 0 aliphatic rings. The number of terminal acetylenes is 1. The Hall–Kier alpha value is -2.23. The first kappa shape index (κ1) is 18.8. The van der Waals surface area contributed by atoms with Crippen molar-refractivity contribution in [2.24, 2.45) is 5.10 Å². The number of hydrogen-bond acceptors (Lipinski definition) is 4. The Morgan fingerprint density at radius 3 is 2.48 bits per heavy atom. The van der Waals surface area contributed by atoms with E-state index in [2.05, 4.69) is 21.8 Å². The first-order chi connectivity index (χ1) is 10.8. The third kappa shape index (κ3) is 6.19. The van der Waals surface area contributed by atoms with Gasteiger partial charge in [0.15, 0.2) is 5.75 Å². The summed E-state index contributed by atoms with van der Waals surface area (Å²) in [5.74, 6) is 0.926. The normalized spacial score (nSPS) is 10.4. The highest BCUT2D eigenvalue weighted by Crippen LogP contribution is 2.33. The molecular formula is C15H15Cl2N3O3. The maximum Gasteiger partial charge on any atom is 0.329 e. The molecule has 0 heterocycles. The van der Waals surface area contributed by atoms with Crippen LogP contribution < -0.4 is 15.5 Å². The van der Waals surface area contributed by atoms with E-state index in [-0.39, 0.29) is 28.4 Å². The van der Waals surface area contributed by atoms with Crippen LogP contribution in [0.4, 0.5) is 0 Å². The summed E-state index contributed by atoms with van der Waals surface area (Å²) in [6.45, 7) is 3.51. The van der Waals surface area contributed by atoms with Gasteiger partial charge in [-0.1, -0.05) is 29.1 Å². The Morgan fingerprint density at radius 2 is 1.96 bits per heavy atom. The van der Waals surface area contributed by atoms with Gasteiger partial charge in [-0.15, -0.1) is 6.42 Å². The lowest BCUT2D eigenvalue weighted by Gasteiger charge is -2.08. The molecule has 0 saturated carbocycles. The Kier molecular flexibility index (Phi) is 7.39. The third-order valence-corrected chi connectivity index (χ3v) is 2.89. The predicted octanol–water partition coefficient (Wildman–Crippen LogP) is 1.98. The summed E-state index contributed by atoms with van der Waals surface area (Å²) in [6, 6.07) is 2.91. The van der Waals surface area contributed by atoms with Gasteiger partial charge in [0.1, 0.15) is 6.61 Å². The molecule has 0 aliphatic heterocycles. The first-order valence-corrected chi connectivity index (χ1v) is 7.30. The fourth-order valence-corrected chi connectivity index (χ4v) is 2.06. The van der Waals surface area contributed by atoms with Crippen molar-refractivity contribution >= 4 is 41.2 Å². The number of ether oxygens (including phenoxy) is 1. The standard InChI is InChI=1S/C15H15Cl2N3O3/c1-4-5-23-13-11(16)6-10(7-12(13)17)8-18-20-15(22)14(21)19-9(2)3/h1,6-9H,5H2,2-3H3,(H,19,21)(H,20,22)/b18-8-. The van der Waals surface area contributed by atoms with Crippen molar-refractivity contribution < 1.29 is 14.3 Å². The minimum absolute atomic E-state index is 0.0356. The molecule has 2 N–H and O–H groups in total. The van der Waals surface area contributed by atoms with E-state index in [4.69, 9.17) is 34.4 Å². The zero-order chi connectivity index (χ0) is 17.4. The summed E-state index contributed by atoms with van der Waals surface area (Å²) in [5, 5.41) is 6.60. The lowest BCUT2D eigenvalue weighted by atomic mass is 10.2. The molecule has 6 nitrogen and oxygen atoms in total. The van der Waals surface area contributed by atoms with Crippen molar-refractivity contribution in [2.45, 2.75) is 19.9 Å². The van der Waals surface area contributed by atoms with Crippen LogP contribution in [-0.2, 0) is 9.59 Å². The van der Waals surface area contributed by atoms with E-state index >= 15 is 0 Å². The number of nitrogens with one attached hydrogen (secondary N) is 2. The lowest BCUT2D eigenvalue weighted by Crippen LogP contribution is -2.41. The van der Waals surface area contributed by atoms with Crippen LogP contribution in [0, 0.1) is 12.3 Å². The van der Waals surface area contributed by atoms with Gasteiger partial charge in [0.05, 0.1) is 16.3 Å². The number of amides is 2. The minimum Gasteiger partial charge on any atom is -0.478 e. The van der Waals surface area contributed by atoms with Crippen molar-refractivity contribution in [3.05, 3.63) is 27.7 Å². The highest BCUT2D eigenvalue weighted by atomic mass is 35.5. The molecule has 0 fully saturated rings. The minimum atomic E-state index is -0.874. The number of hydrazone groups is 1. The van der Waals surface area contributed by atoms with Crippen molar-refractivity contribution in [3.63, 3.8) is 0 Å². The summed E-state index contributed by atoms with van der Waals surface area (Å²) in [7, 11) is 0. The van der Waals surface area contributed by atoms with Crippen LogP contribution in [0.15, 0.2) is 17.2 Å². The fourth-order valence-electron chi connectivity index (χ4n) is 1.45. The molecule has 0 atom stereocenters. The molecular weight excluding hydrogens is 341 g/mol. The van der Waals surface area contributed by atoms with Crippen molar-refractivity contribution in [3.8, 4) is 18.1 Å². The zero-order valence-corrected chi connectivity index (χ0v) is 14.0. The van der Waals surface area contributed by atoms with Crippen LogP contribution >= 0.6 is 23.2 Å². The molecule has 0 bridgehead atoms. The summed E-state index contributed by atoms with van der Waals surface area (Å²) in [4.78, 5) is 22.8. The second-order valence-corrected chi connectivity index (χ2v) is 5.45. The zero-order valence-electron chi connectivity index (χ0n) is 12.5. The van der Waals surface area contributed by atoms with Gasteiger partial charge in [-0.2, -0.15) is 5.10 Å². The van der Waals surface area contributed by atoms with E-state index in [1.807, 2.05) is 0 Å².